The van der Waals surface area contributed by atoms with Gasteiger partial charge in [0.25, 0.3) is 0 Å². The van der Waals surface area contributed by atoms with Crippen LogP contribution in [-0.4, -0.2) is 14.2 Å². The normalized spacial score (nSPS) is 10.8. The first-order chi connectivity index (χ1) is 9.78. The summed E-state index contributed by atoms with van der Waals surface area (Å²) in [7, 11) is 3.19. The van der Waals surface area contributed by atoms with Crippen molar-refractivity contribution >= 4 is 11.6 Å². The summed E-state index contributed by atoms with van der Waals surface area (Å²) >= 11 is 0. The summed E-state index contributed by atoms with van der Waals surface area (Å²) in [6, 6.07) is 17.4. The van der Waals surface area contributed by atoms with E-state index in [9.17, 15) is 5.26 Å². The van der Waals surface area contributed by atoms with Crippen LogP contribution >= 0.6 is 0 Å². The maximum Gasteiger partial charge on any atom is 0.161 e. The summed E-state index contributed by atoms with van der Waals surface area (Å²) in [4.78, 5) is 0. The quantitative estimate of drug-likeness (QED) is 0.624. The molecule has 0 saturated heterocycles. The third-order valence-corrected chi connectivity index (χ3v) is 2.92. The van der Waals surface area contributed by atoms with Crippen molar-refractivity contribution in [3.63, 3.8) is 0 Å². The Bertz CT molecular complexity index is 654. The van der Waals surface area contributed by atoms with Crippen LogP contribution in [0.15, 0.2) is 48.5 Å². The van der Waals surface area contributed by atoms with Gasteiger partial charge in [0.1, 0.15) is 0 Å². The summed E-state index contributed by atoms with van der Waals surface area (Å²) in [6.07, 6.45) is 1.83. The predicted octanol–water partition coefficient (Wildman–Crippen LogP) is 3.77. The molecular weight excluding hydrogens is 250 g/mol. The summed E-state index contributed by atoms with van der Waals surface area (Å²) in [5.41, 5.74) is 2.39. The van der Waals surface area contributed by atoms with Crippen LogP contribution in [-0.2, 0) is 0 Å². The van der Waals surface area contributed by atoms with Gasteiger partial charge in [-0.1, -0.05) is 36.4 Å². The van der Waals surface area contributed by atoms with Crippen molar-refractivity contribution in [2.45, 2.75) is 0 Å². The lowest BCUT2D eigenvalue weighted by Crippen LogP contribution is -1.90. The predicted molar refractivity (Wildman–Crippen MR) is 79.5 cm³/mol. The first kappa shape index (κ1) is 13.7. The Morgan fingerprint density at radius 2 is 1.70 bits per heavy atom. The molecule has 20 heavy (non-hydrogen) atoms. The second-order valence-corrected chi connectivity index (χ2v) is 4.15. The number of nitriles is 1. The highest BCUT2D eigenvalue weighted by Crippen LogP contribution is 2.29. The molecule has 0 amide bonds. The molecule has 2 rings (SSSR count). The summed E-state index contributed by atoms with van der Waals surface area (Å²) in [5, 5.41) is 9.29. The number of hydrogen-bond acceptors (Lipinski definition) is 3. The molecular formula is C17H15NO2. The first-order valence-electron chi connectivity index (χ1n) is 6.17. The van der Waals surface area contributed by atoms with Gasteiger partial charge in [-0.15, -0.1) is 0 Å². The monoisotopic (exact) mass is 265 g/mol. The van der Waals surface area contributed by atoms with Crippen molar-refractivity contribution in [3.8, 4) is 17.6 Å². The average molecular weight is 265 g/mol. The van der Waals surface area contributed by atoms with Crippen LogP contribution < -0.4 is 9.47 Å². The van der Waals surface area contributed by atoms with Gasteiger partial charge < -0.3 is 9.47 Å². The molecule has 2 aromatic rings. The number of nitrogens with zero attached hydrogens (tertiary/aromatic N) is 1. The van der Waals surface area contributed by atoms with E-state index in [1.807, 2.05) is 54.6 Å². The molecule has 0 atom stereocenters. The summed E-state index contributed by atoms with van der Waals surface area (Å²) < 4.78 is 10.5. The fraction of sp³-hybridized carbons (Fsp3) is 0.118. The van der Waals surface area contributed by atoms with Gasteiger partial charge in [-0.2, -0.15) is 5.26 Å². The Kier molecular flexibility index (Phi) is 4.41. The van der Waals surface area contributed by atoms with E-state index in [-0.39, 0.29) is 0 Å². The molecule has 0 radical (unpaired) electrons. The van der Waals surface area contributed by atoms with E-state index in [4.69, 9.17) is 9.47 Å². The molecule has 0 spiro atoms. The number of ether oxygens (including phenoxy) is 2. The Morgan fingerprint density at radius 3 is 2.30 bits per heavy atom. The van der Waals surface area contributed by atoms with Crippen LogP contribution in [0.3, 0.4) is 0 Å². The molecule has 2 aromatic carbocycles. The van der Waals surface area contributed by atoms with Gasteiger partial charge in [-0.3, -0.25) is 0 Å². The molecule has 100 valence electrons. The van der Waals surface area contributed by atoms with Crippen molar-refractivity contribution in [3.05, 3.63) is 59.7 Å². The molecule has 0 aliphatic rings. The highest BCUT2D eigenvalue weighted by Gasteiger charge is 2.05. The molecule has 0 aromatic heterocycles. The fourth-order valence-corrected chi connectivity index (χ4v) is 1.91. The van der Waals surface area contributed by atoms with E-state index >= 15 is 0 Å². The number of rotatable bonds is 4. The molecule has 0 fully saturated rings. The van der Waals surface area contributed by atoms with Crippen LogP contribution in [0, 0.1) is 11.3 Å². The Labute approximate surface area is 118 Å². The van der Waals surface area contributed by atoms with E-state index in [0.29, 0.717) is 17.1 Å². The zero-order valence-corrected chi connectivity index (χ0v) is 11.5. The van der Waals surface area contributed by atoms with Gasteiger partial charge in [-0.05, 0) is 29.3 Å². The summed E-state index contributed by atoms with van der Waals surface area (Å²) in [6.45, 7) is 0. The molecule has 0 saturated carbocycles. The van der Waals surface area contributed by atoms with Crippen molar-refractivity contribution in [1.29, 1.82) is 5.26 Å². The molecule has 3 heteroatoms. The van der Waals surface area contributed by atoms with Gasteiger partial charge in [0.15, 0.2) is 11.5 Å². The standard InChI is InChI=1S/C17H15NO2/c1-19-16-9-8-13(11-17(16)20-2)10-15(12-18)14-6-4-3-5-7-14/h3-11H,1-2H3/b15-10+. The minimum Gasteiger partial charge on any atom is -0.493 e. The fourth-order valence-electron chi connectivity index (χ4n) is 1.91. The molecule has 0 aliphatic heterocycles. The van der Waals surface area contributed by atoms with Crippen molar-refractivity contribution in [2.75, 3.05) is 14.2 Å². The zero-order chi connectivity index (χ0) is 14.4. The number of allylic oxidation sites excluding steroid dienone is 1. The Balaban J connectivity index is 2.41. The van der Waals surface area contributed by atoms with Crippen molar-refractivity contribution in [2.24, 2.45) is 0 Å². The molecule has 0 bridgehead atoms. The van der Waals surface area contributed by atoms with Crippen LogP contribution in [0.2, 0.25) is 0 Å². The first-order valence-corrected chi connectivity index (χ1v) is 6.17. The van der Waals surface area contributed by atoms with Gasteiger partial charge >= 0.3 is 0 Å². The van der Waals surface area contributed by atoms with Crippen LogP contribution in [0.25, 0.3) is 11.6 Å². The van der Waals surface area contributed by atoms with Crippen LogP contribution in [0.1, 0.15) is 11.1 Å². The van der Waals surface area contributed by atoms with Crippen LogP contribution in [0.5, 0.6) is 11.5 Å². The molecule has 3 nitrogen and oxygen atoms in total. The Morgan fingerprint density at radius 1 is 1.00 bits per heavy atom. The minimum atomic E-state index is 0.609. The molecule has 0 aliphatic carbocycles. The topological polar surface area (TPSA) is 42.2 Å². The Hall–Kier alpha value is -2.73. The smallest absolute Gasteiger partial charge is 0.161 e. The molecule has 0 N–H and O–H groups in total. The maximum absolute atomic E-state index is 9.29. The van der Waals surface area contributed by atoms with E-state index in [0.717, 1.165) is 11.1 Å². The second kappa shape index (κ2) is 6.44. The lowest BCUT2D eigenvalue weighted by atomic mass is 10.0. The lowest BCUT2D eigenvalue weighted by Gasteiger charge is -2.08. The highest BCUT2D eigenvalue weighted by atomic mass is 16.5. The number of methoxy groups -OCH3 is 2. The SMILES string of the molecule is COc1ccc(/C=C(\C#N)c2ccccc2)cc1OC. The van der Waals surface area contributed by atoms with Gasteiger partial charge in [0.2, 0.25) is 0 Å². The van der Waals surface area contributed by atoms with E-state index < -0.39 is 0 Å². The minimum absolute atomic E-state index is 0.609. The van der Waals surface area contributed by atoms with E-state index in [2.05, 4.69) is 6.07 Å². The second-order valence-electron chi connectivity index (χ2n) is 4.15. The molecule has 0 unspecified atom stereocenters. The van der Waals surface area contributed by atoms with E-state index in [1.165, 1.54) is 0 Å². The average Bonchev–Trinajstić information content (AvgIpc) is 2.53. The van der Waals surface area contributed by atoms with E-state index in [1.54, 1.807) is 14.2 Å². The van der Waals surface area contributed by atoms with Gasteiger partial charge in [-0.25, -0.2) is 0 Å². The largest absolute Gasteiger partial charge is 0.493 e. The lowest BCUT2D eigenvalue weighted by molar-refractivity contribution is 0.355. The zero-order valence-electron chi connectivity index (χ0n) is 11.5. The number of benzene rings is 2. The highest BCUT2D eigenvalue weighted by molar-refractivity contribution is 5.89. The number of hydrogen-bond donors (Lipinski definition) is 0. The van der Waals surface area contributed by atoms with Gasteiger partial charge in [0.05, 0.1) is 25.9 Å². The maximum atomic E-state index is 9.29. The molecule has 0 heterocycles. The van der Waals surface area contributed by atoms with Crippen molar-refractivity contribution < 1.29 is 9.47 Å². The van der Waals surface area contributed by atoms with Crippen molar-refractivity contribution in [1.82, 2.24) is 0 Å². The van der Waals surface area contributed by atoms with Crippen LogP contribution in [0.4, 0.5) is 0 Å². The third kappa shape index (κ3) is 2.99. The third-order valence-electron chi connectivity index (χ3n) is 2.92. The van der Waals surface area contributed by atoms with Gasteiger partial charge in [0, 0.05) is 0 Å². The summed E-state index contributed by atoms with van der Waals surface area (Å²) in [5.74, 6) is 1.31.